The quantitative estimate of drug-likeness (QED) is 0.541. The molecule has 3 heteroatoms. The Hall–Kier alpha value is -0.0200. The molecule has 1 rings (SSSR count). The highest BCUT2D eigenvalue weighted by molar-refractivity contribution is 8.13. The van der Waals surface area contributed by atoms with Gasteiger partial charge in [0.15, 0.2) is 0 Å². The molecule has 0 aliphatic carbocycles. The van der Waals surface area contributed by atoms with Crippen molar-refractivity contribution in [1.29, 1.82) is 0 Å². The molecule has 1 heterocycles. The molecule has 0 N–H and O–H groups in total. The third-order valence-electron chi connectivity index (χ3n) is 1.02. The van der Waals surface area contributed by atoms with Gasteiger partial charge in [-0.3, -0.25) is 4.21 Å². The fourth-order valence-electron chi connectivity index (χ4n) is 0.587. The van der Waals surface area contributed by atoms with Crippen LogP contribution in [-0.4, -0.2) is 14.5 Å². The highest BCUT2D eigenvalue weighted by Crippen LogP contribution is 2.21. The van der Waals surface area contributed by atoms with Gasteiger partial charge in [-0.1, -0.05) is 12.2 Å². The maximum atomic E-state index is 11.0. The summed E-state index contributed by atoms with van der Waals surface area (Å²) in [6.07, 6.45) is 3.67. The van der Waals surface area contributed by atoms with Crippen LogP contribution in [0.4, 0.5) is 0 Å². The third kappa shape index (κ3) is 1.69. The predicted octanol–water partition coefficient (Wildman–Crippen LogP) is 1.51. The molecule has 9 heavy (non-hydrogen) atoms. The van der Waals surface area contributed by atoms with Gasteiger partial charge in [0.25, 0.3) is 0 Å². The van der Waals surface area contributed by atoms with Crippen LogP contribution in [0.5, 0.6) is 0 Å². The minimum absolute atomic E-state index is 0.120. The molecule has 1 aliphatic rings. The van der Waals surface area contributed by atoms with Gasteiger partial charge in [0.2, 0.25) is 0 Å². The first-order valence-electron chi connectivity index (χ1n) is 2.65. The second-order valence-electron chi connectivity index (χ2n) is 1.66. The Morgan fingerprint density at radius 3 is 3.11 bits per heavy atom. The van der Waals surface area contributed by atoms with E-state index in [4.69, 9.17) is 0 Å². The molecule has 2 unspecified atom stereocenters. The Bertz CT molecular complexity index is 162. The Morgan fingerprint density at radius 2 is 2.67 bits per heavy atom. The summed E-state index contributed by atoms with van der Waals surface area (Å²) in [5.41, 5.74) is 0. The molecule has 0 aromatic rings. The van der Waals surface area contributed by atoms with E-state index in [0.29, 0.717) is 5.75 Å². The van der Waals surface area contributed by atoms with E-state index < -0.39 is 10.8 Å². The van der Waals surface area contributed by atoms with E-state index >= 15 is 0 Å². The molecule has 0 aromatic heterocycles. The first kappa shape index (κ1) is 7.09. The van der Waals surface area contributed by atoms with Gasteiger partial charge in [0.1, 0.15) is 4.58 Å². The van der Waals surface area contributed by atoms with Gasteiger partial charge in [0, 0.05) is 16.6 Å². The first-order chi connectivity index (χ1) is 4.34. The lowest BCUT2D eigenvalue weighted by molar-refractivity contribution is 0.685. The summed E-state index contributed by atoms with van der Waals surface area (Å²) < 4.78 is 11.1. The fraction of sp³-hybridized carbons (Fsp3) is 0.333. The molecule has 0 aromatic carbocycles. The molecule has 0 saturated heterocycles. The summed E-state index contributed by atoms with van der Waals surface area (Å²) in [4.78, 5) is 0. The zero-order valence-corrected chi connectivity index (χ0v) is 6.58. The average molecular weight is 160 g/mol. The lowest BCUT2D eigenvalue weighted by atomic mass is 10.7. The summed E-state index contributed by atoms with van der Waals surface area (Å²) in [6, 6.07) is 0. The van der Waals surface area contributed by atoms with Gasteiger partial charge < -0.3 is 0 Å². The number of hydrogen-bond acceptors (Lipinski definition) is 2. The highest BCUT2D eigenvalue weighted by atomic mass is 32.2. The van der Waals surface area contributed by atoms with E-state index in [1.165, 1.54) is 0 Å². The highest BCUT2D eigenvalue weighted by Gasteiger charge is 2.13. The van der Waals surface area contributed by atoms with Crippen molar-refractivity contribution in [3.05, 3.63) is 24.1 Å². The molecule has 0 bridgehead atoms. The largest absolute Gasteiger partial charge is 0.258 e. The maximum Gasteiger partial charge on any atom is 0.102 e. The number of hydrogen-bond donors (Lipinski definition) is 0. The average Bonchev–Trinajstić information content (AvgIpc) is 1.89. The molecule has 0 amide bonds. The summed E-state index contributed by atoms with van der Waals surface area (Å²) in [7, 11) is -0.720. The number of rotatable bonds is 1. The summed E-state index contributed by atoms with van der Waals surface area (Å²) in [6.45, 7) is 3.59. The normalized spacial score (nSPS) is 34.2. The van der Waals surface area contributed by atoms with Crippen molar-refractivity contribution in [2.24, 2.45) is 0 Å². The van der Waals surface area contributed by atoms with Crippen LogP contribution >= 0.6 is 11.8 Å². The minimum Gasteiger partial charge on any atom is -0.258 e. The molecular formula is C6H8OS2. The molecule has 1 aliphatic heterocycles. The third-order valence-corrected chi connectivity index (χ3v) is 4.04. The lowest BCUT2D eigenvalue weighted by Crippen LogP contribution is -2.11. The van der Waals surface area contributed by atoms with E-state index in [1.54, 1.807) is 17.8 Å². The summed E-state index contributed by atoms with van der Waals surface area (Å²) >= 11 is 1.57. The van der Waals surface area contributed by atoms with Crippen LogP contribution in [0.15, 0.2) is 24.1 Å². The maximum absolute atomic E-state index is 11.0. The molecule has 0 radical (unpaired) electrons. The topological polar surface area (TPSA) is 17.1 Å². The Balaban J connectivity index is 2.63. The Labute approximate surface area is 61.7 Å². The van der Waals surface area contributed by atoms with Crippen molar-refractivity contribution >= 4 is 22.6 Å². The predicted molar refractivity (Wildman–Crippen MR) is 43.7 cm³/mol. The number of thioether (sulfide) groups is 1. The van der Waals surface area contributed by atoms with E-state index in [2.05, 4.69) is 6.58 Å². The van der Waals surface area contributed by atoms with E-state index in [9.17, 15) is 4.21 Å². The van der Waals surface area contributed by atoms with Crippen LogP contribution in [0.1, 0.15) is 0 Å². The van der Waals surface area contributed by atoms with Gasteiger partial charge in [-0.05, 0) is 5.41 Å². The van der Waals surface area contributed by atoms with Crippen molar-refractivity contribution in [2.45, 2.75) is 4.58 Å². The van der Waals surface area contributed by atoms with Crippen LogP contribution in [0.25, 0.3) is 0 Å². The molecule has 50 valence electrons. The van der Waals surface area contributed by atoms with Gasteiger partial charge in [-0.2, -0.15) is 0 Å². The van der Waals surface area contributed by atoms with E-state index in [-0.39, 0.29) is 4.58 Å². The van der Waals surface area contributed by atoms with Crippen LogP contribution in [0, 0.1) is 0 Å². The summed E-state index contributed by atoms with van der Waals surface area (Å²) in [5, 5.41) is 1.98. The van der Waals surface area contributed by atoms with Crippen molar-refractivity contribution in [3.63, 3.8) is 0 Å². The smallest absolute Gasteiger partial charge is 0.102 e. The zero-order chi connectivity index (χ0) is 6.69. The van der Waals surface area contributed by atoms with Crippen molar-refractivity contribution in [3.8, 4) is 0 Å². The molecule has 1 nitrogen and oxygen atoms in total. The van der Waals surface area contributed by atoms with Crippen LogP contribution < -0.4 is 0 Å². The van der Waals surface area contributed by atoms with Gasteiger partial charge >= 0.3 is 0 Å². The second kappa shape index (κ2) is 3.22. The van der Waals surface area contributed by atoms with E-state index in [1.807, 2.05) is 11.5 Å². The molecule has 2 atom stereocenters. The van der Waals surface area contributed by atoms with Crippen molar-refractivity contribution in [2.75, 3.05) is 5.75 Å². The molecule has 0 spiro atoms. The first-order valence-corrected chi connectivity index (χ1v) is 4.97. The fourth-order valence-corrected chi connectivity index (χ4v) is 2.80. The van der Waals surface area contributed by atoms with Crippen LogP contribution in [0.2, 0.25) is 0 Å². The standard InChI is InChI=1S/C6H8OS2/c1-2-6-8-4-3-5-9(6)7/h2-4,6H,1,5H2. The SMILES string of the molecule is C=CC1SC=CCS1=O. The molecule has 0 fully saturated rings. The van der Waals surface area contributed by atoms with Gasteiger partial charge in [0.05, 0.1) is 0 Å². The van der Waals surface area contributed by atoms with Gasteiger partial charge in [-0.15, -0.1) is 18.3 Å². The minimum atomic E-state index is -0.720. The van der Waals surface area contributed by atoms with Crippen LogP contribution in [-0.2, 0) is 10.8 Å². The van der Waals surface area contributed by atoms with Crippen LogP contribution in [0.3, 0.4) is 0 Å². The van der Waals surface area contributed by atoms with Crippen molar-refractivity contribution in [1.82, 2.24) is 0 Å². The molecular weight excluding hydrogens is 152 g/mol. The van der Waals surface area contributed by atoms with Crippen molar-refractivity contribution < 1.29 is 4.21 Å². The Kier molecular flexibility index (Phi) is 2.54. The zero-order valence-electron chi connectivity index (χ0n) is 4.95. The summed E-state index contributed by atoms with van der Waals surface area (Å²) in [5.74, 6) is 0.684. The van der Waals surface area contributed by atoms with E-state index in [0.717, 1.165) is 0 Å². The monoisotopic (exact) mass is 160 g/mol. The lowest BCUT2D eigenvalue weighted by Gasteiger charge is -2.10. The second-order valence-corrected chi connectivity index (χ2v) is 4.61. The molecule has 0 saturated carbocycles. The van der Waals surface area contributed by atoms with Gasteiger partial charge in [-0.25, -0.2) is 0 Å². The Morgan fingerprint density at radius 1 is 1.89 bits per heavy atom.